The molecular formula is C20H26F3NO3. The Morgan fingerprint density at radius 2 is 1.70 bits per heavy atom. The summed E-state index contributed by atoms with van der Waals surface area (Å²) < 4.78 is 38.3. The molecule has 1 saturated carbocycles. The Hall–Kier alpha value is -2.05. The minimum absolute atomic E-state index is 0.0186. The predicted octanol–water partition coefficient (Wildman–Crippen LogP) is 4.64. The van der Waals surface area contributed by atoms with Gasteiger partial charge in [-0.15, -0.1) is 0 Å². The fraction of sp³-hybridized carbons (Fsp3) is 0.600. The van der Waals surface area contributed by atoms with E-state index in [0.29, 0.717) is 32.4 Å². The van der Waals surface area contributed by atoms with E-state index in [1.165, 1.54) is 0 Å². The predicted molar refractivity (Wildman–Crippen MR) is 94.8 cm³/mol. The summed E-state index contributed by atoms with van der Waals surface area (Å²) in [6, 6.07) is 9.40. The molecule has 0 radical (unpaired) electrons. The van der Waals surface area contributed by atoms with Gasteiger partial charge in [-0.1, -0.05) is 30.3 Å². The zero-order chi connectivity index (χ0) is 19.9. The Kier molecular flexibility index (Phi) is 7.68. The number of carboxylic acids is 1. The number of aliphatic carboxylic acids is 1. The fourth-order valence-electron chi connectivity index (χ4n) is 3.59. The van der Waals surface area contributed by atoms with Gasteiger partial charge in [0.2, 0.25) is 5.91 Å². The first kappa shape index (κ1) is 21.3. The van der Waals surface area contributed by atoms with Crippen molar-refractivity contribution in [1.29, 1.82) is 0 Å². The molecule has 0 aromatic heterocycles. The van der Waals surface area contributed by atoms with Crippen LogP contribution in [0.5, 0.6) is 0 Å². The molecule has 1 aromatic rings. The van der Waals surface area contributed by atoms with Gasteiger partial charge >= 0.3 is 12.1 Å². The highest BCUT2D eigenvalue weighted by molar-refractivity contribution is 5.76. The number of hydrogen-bond donors (Lipinski definition) is 1. The van der Waals surface area contributed by atoms with Crippen molar-refractivity contribution < 1.29 is 27.9 Å². The van der Waals surface area contributed by atoms with E-state index in [9.17, 15) is 22.8 Å². The summed E-state index contributed by atoms with van der Waals surface area (Å²) in [6.45, 7) is 0.717. The Morgan fingerprint density at radius 1 is 1.07 bits per heavy atom. The molecule has 0 heterocycles. The molecule has 150 valence electrons. The smallest absolute Gasteiger partial charge is 0.391 e. The van der Waals surface area contributed by atoms with E-state index in [1.54, 1.807) is 4.90 Å². The topological polar surface area (TPSA) is 57.6 Å². The van der Waals surface area contributed by atoms with E-state index in [0.717, 1.165) is 5.56 Å². The average molecular weight is 385 g/mol. The molecule has 0 spiro atoms. The number of hydrogen-bond acceptors (Lipinski definition) is 2. The van der Waals surface area contributed by atoms with Crippen molar-refractivity contribution in [2.24, 2.45) is 11.8 Å². The second-order valence-corrected chi connectivity index (χ2v) is 7.26. The van der Waals surface area contributed by atoms with Crippen LogP contribution in [0, 0.1) is 11.8 Å². The number of carbonyl (C=O) groups excluding carboxylic acids is 1. The molecular weight excluding hydrogens is 359 g/mol. The molecule has 1 amide bonds. The lowest BCUT2D eigenvalue weighted by molar-refractivity contribution is -0.184. The van der Waals surface area contributed by atoms with Gasteiger partial charge in [-0.2, -0.15) is 13.2 Å². The van der Waals surface area contributed by atoms with Crippen molar-refractivity contribution in [2.75, 3.05) is 6.54 Å². The molecule has 0 atom stereocenters. The van der Waals surface area contributed by atoms with Gasteiger partial charge in [-0.25, -0.2) is 0 Å². The molecule has 0 unspecified atom stereocenters. The van der Waals surface area contributed by atoms with Gasteiger partial charge in [-0.05, 0) is 43.6 Å². The van der Waals surface area contributed by atoms with Gasteiger partial charge in [0.15, 0.2) is 0 Å². The number of carboxylic acid groups (broad SMARTS) is 1. The maximum absolute atomic E-state index is 12.8. The maximum Gasteiger partial charge on any atom is 0.391 e. The lowest BCUT2D eigenvalue weighted by Crippen LogP contribution is -2.34. The van der Waals surface area contributed by atoms with Crippen molar-refractivity contribution in [3.8, 4) is 0 Å². The van der Waals surface area contributed by atoms with E-state index < -0.39 is 18.1 Å². The van der Waals surface area contributed by atoms with Crippen LogP contribution in [-0.2, 0) is 16.1 Å². The third-order valence-corrected chi connectivity index (χ3v) is 5.16. The molecule has 1 fully saturated rings. The van der Waals surface area contributed by atoms with E-state index in [1.807, 2.05) is 30.3 Å². The van der Waals surface area contributed by atoms with Crippen LogP contribution in [0.25, 0.3) is 0 Å². The number of rotatable bonds is 8. The second kappa shape index (κ2) is 9.76. The van der Waals surface area contributed by atoms with Crippen molar-refractivity contribution in [2.45, 2.75) is 57.7 Å². The second-order valence-electron chi connectivity index (χ2n) is 7.26. The lowest BCUT2D eigenvalue weighted by atomic mass is 9.80. The molecule has 7 heteroatoms. The van der Waals surface area contributed by atoms with Crippen LogP contribution < -0.4 is 0 Å². The standard InChI is InChI=1S/C20H26F3NO3/c21-20(22,23)17-10-8-15(9-11-17)13-18(25)24(12-4-7-19(26)27)14-16-5-2-1-3-6-16/h1-3,5-6,15,17H,4,7-14H2,(H,26,27). The largest absolute Gasteiger partial charge is 0.481 e. The van der Waals surface area contributed by atoms with Gasteiger partial charge in [0.1, 0.15) is 0 Å². The lowest BCUT2D eigenvalue weighted by Gasteiger charge is -2.31. The van der Waals surface area contributed by atoms with Gasteiger partial charge in [0, 0.05) is 25.9 Å². The number of amides is 1. The highest BCUT2D eigenvalue weighted by atomic mass is 19.4. The Bertz CT molecular complexity index is 611. The first-order valence-electron chi connectivity index (χ1n) is 9.36. The van der Waals surface area contributed by atoms with Crippen LogP contribution in [0.1, 0.15) is 50.5 Å². The number of benzene rings is 1. The molecule has 4 nitrogen and oxygen atoms in total. The maximum atomic E-state index is 12.8. The number of alkyl halides is 3. The Morgan fingerprint density at radius 3 is 2.26 bits per heavy atom. The zero-order valence-corrected chi connectivity index (χ0v) is 15.3. The minimum atomic E-state index is -4.15. The zero-order valence-electron chi connectivity index (χ0n) is 15.3. The minimum Gasteiger partial charge on any atom is -0.481 e. The van der Waals surface area contributed by atoms with Crippen molar-refractivity contribution in [3.05, 3.63) is 35.9 Å². The van der Waals surface area contributed by atoms with Crippen LogP contribution >= 0.6 is 0 Å². The number of nitrogens with zero attached hydrogens (tertiary/aromatic N) is 1. The molecule has 27 heavy (non-hydrogen) atoms. The fourth-order valence-corrected chi connectivity index (χ4v) is 3.59. The van der Waals surface area contributed by atoms with Gasteiger partial charge in [0.05, 0.1) is 5.92 Å². The number of halogens is 3. The summed E-state index contributed by atoms with van der Waals surface area (Å²) in [5, 5.41) is 8.81. The van der Waals surface area contributed by atoms with E-state index in [2.05, 4.69) is 0 Å². The molecule has 0 saturated heterocycles. The summed E-state index contributed by atoms with van der Waals surface area (Å²) in [7, 11) is 0. The monoisotopic (exact) mass is 385 g/mol. The van der Waals surface area contributed by atoms with Crippen LogP contribution in [0.3, 0.4) is 0 Å². The van der Waals surface area contributed by atoms with Crippen LogP contribution in [0.4, 0.5) is 13.2 Å². The molecule has 2 rings (SSSR count). The van der Waals surface area contributed by atoms with Crippen LogP contribution in [0.15, 0.2) is 30.3 Å². The highest BCUT2D eigenvalue weighted by Gasteiger charge is 2.41. The third kappa shape index (κ3) is 7.23. The molecule has 0 bridgehead atoms. The molecule has 1 aliphatic carbocycles. The first-order valence-corrected chi connectivity index (χ1v) is 9.36. The van der Waals surface area contributed by atoms with Crippen molar-refractivity contribution >= 4 is 11.9 Å². The van der Waals surface area contributed by atoms with E-state index >= 15 is 0 Å². The van der Waals surface area contributed by atoms with Crippen molar-refractivity contribution in [1.82, 2.24) is 4.90 Å². The summed E-state index contributed by atoms with van der Waals surface area (Å²) in [6.07, 6.45) is -2.60. The molecule has 1 N–H and O–H groups in total. The first-order chi connectivity index (χ1) is 12.8. The van der Waals surface area contributed by atoms with Gasteiger partial charge in [-0.3, -0.25) is 9.59 Å². The highest BCUT2D eigenvalue weighted by Crippen LogP contribution is 2.40. The van der Waals surface area contributed by atoms with Gasteiger partial charge < -0.3 is 10.0 Å². The summed E-state index contributed by atoms with van der Waals surface area (Å²) in [5.74, 6) is -2.30. The Labute approximate surface area is 157 Å². The summed E-state index contributed by atoms with van der Waals surface area (Å²) >= 11 is 0. The average Bonchev–Trinajstić information content (AvgIpc) is 2.61. The summed E-state index contributed by atoms with van der Waals surface area (Å²) in [4.78, 5) is 25.1. The van der Waals surface area contributed by atoms with E-state index in [4.69, 9.17) is 5.11 Å². The van der Waals surface area contributed by atoms with Crippen LogP contribution in [0.2, 0.25) is 0 Å². The van der Waals surface area contributed by atoms with Crippen LogP contribution in [-0.4, -0.2) is 34.6 Å². The summed E-state index contributed by atoms with van der Waals surface area (Å²) in [5.41, 5.74) is 0.946. The molecule has 0 aliphatic heterocycles. The van der Waals surface area contributed by atoms with E-state index in [-0.39, 0.29) is 37.5 Å². The number of carbonyl (C=O) groups is 2. The Balaban J connectivity index is 1.91. The SMILES string of the molecule is O=C(O)CCCN(Cc1ccccc1)C(=O)CC1CCC(C(F)(F)F)CC1. The normalized spacial score (nSPS) is 20.3. The molecule has 1 aliphatic rings. The molecule has 1 aromatic carbocycles. The van der Waals surface area contributed by atoms with Gasteiger partial charge in [0.25, 0.3) is 0 Å². The third-order valence-electron chi connectivity index (χ3n) is 5.16. The quantitative estimate of drug-likeness (QED) is 0.709. The van der Waals surface area contributed by atoms with Crippen molar-refractivity contribution in [3.63, 3.8) is 0 Å².